The molecule has 0 aromatic rings. The van der Waals surface area contributed by atoms with Crippen molar-refractivity contribution in [3.8, 4) is 0 Å². The molecule has 0 N–H and O–H groups in total. The highest BCUT2D eigenvalue weighted by Crippen LogP contribution is 2.17. The maximum atomic E-state index is 12.9. The van der Waals surface area contributed by atoms with Crippen LogP contribution in [0.25, 0.3) is 0 Å². The van der Waals surface area contributed by atoms with Gasteiger partial charge >= 0.3 is 17.9 Å². The largest absolute Gasteiger partial charge is 0.462 e. The summed E-state index contributed by atoms with van der Waals surface area (Å²) < 4.78 is 16.9. The van der Waals surface area contributed by atoms with E-state index in [9.17, 15) is 14.4 Å². The molecule has 1 atom stereocenters. The SMILES string of the molecule is CC/C=C\C/C=C\C/C=C\C/C=C\CCCCCCCCC(=O)OC(COC(=O)CCCC/C=C\C/C=C\C/C=C\C/C=C\CC)COC(=O)CCCCCCCCCCCCCCCCC/C=C\CCCCCCCCCC. The summed E-state index contributed by atoms with van der Waals surface area (Å²) in [6.45, 7) is 6.39. The summed E-state index contributed by atoms with van der Waals surface area (Å²) in [5.41, 5.74) is 0. The summed E-state index contributed by atoms with van der Waals surface area (Å²) in [5.74, 6) is -0.946. The number of carbonyl (C=O) groups is 3. The molecule has 1 unspecified atom stereocenters. The van der Waals surface area contributed by atoms with Gasteiger partial charge in [-0.3, -0.25) is 14.4 Å². The van der Waals surface area contributed by atoms with E-state index in [0.29, 0.717) is 19.3 Å². The van der Waals surface area contributed by atoms with Gasteiger partial charge in [0.15, 0.2) is 6.10 Å². The third kappa shape index (κ3) is 64.8. The van der Waals surface area contributed by atoms with Crippen LogP contribution in [0, 0.1) is 0 Å². The lowest BCUT2D eigenvalue weighted by Crippen LogP contribution is -2.30. The minimum atomic E-state index is -0.806. The van der Waals surface area contributed by atoms with Crippen molar-refractivity contribution in [2.45, 2.75) is 322 Å². The van der Waals surface area contributed by atoms with Gasteiger partial charge in [-0.1, -0.05) is 284 Å². The molecule has 0 aromatic heterocycles. The first kappa shape index (κ1) is 75.1. The normalized spacial score (nSPS) is 12.8. The van der Waals surface area contributed by atoms with Crippen molar-refractivity contribution in [1.82, 2.24) is 0 Å². The van der Waals surface area contributed by atoms with Crippen molar-refractivity contribution >= 4 is 17.9 Å². The molecule has 0 bridgehead atoms. The van der Waals surface area contributed by atoms with Gasteiger partial charge in [-0.05, 0) is 122 Å². The molecule has 0 spiro atoms. The van der Waals surface area contributed by atoms with Crippen molar-refractivity contribution in [3.63, 3.8) is 0 Å². The summed E-state index contributed by atoms with van der Waals surface area (Å²) in [4.78, 5) is 38.3. The average Bonchev–Trinajstić information content (AvgIpc) is 3.45. The molecule has 6 nitrogen and oxygen atoms in total. The Bertz CT molecular complexity index is 1590. The maximum Gasteiger partial charge on any atom is 0.306 e. The molecule has 0 amide bonds. The number of unbranched alkanes of at least 4 members (excludes halogenated alkanes) is 31. The Morgan fingerprint density at radius 2 is 0.494 bits per heavy atom. The quantitative estimate of drug-likeness (QED) is 0.0261. The van der Waals surface area contributed by atoms with Crippen LogP contribution in [0.1, 0.15) is 316 Å². The molecule has 79 heavy (non-hydrogen) atoms. The van der Waals surface area contributed by atoms with Gasteiger partial charge in [0.2, 0.25) is 0 Å². The number of carbonyl (C=O) groups excluding carboxylic acids is 3. The minimum Gasteiger partial charge on any atom is -0.462 e. The molecule has 0 fully saturated rings. The van der Waals surface area contributed by atoms with Gasteiger partial charge in [-0.2, -0.15) is 0 Å². The van der Waals surface area contributed by atoms with Crippen LogP contribution in [0.15, 0.2) is 109 Å². The summed E-state index contributed by atoms with van der Waals surface area (Å²) in [5, 5.41) is 0. The van der Waals surface area contributed by atoms with Crippen LogP contribution in [-0.2, 0) is 28.6 Å². The van der Waals surface area contributed by atoms with E-state index in [1.54, 1.807) is 0 Å². The van der Waals surface area contributed by atoms with Gasteiger partial charge in [-0.25, -0.2) is 0 Å². The van der Waals surface area contributed by atoms with Crippen molar-refractivity contribution in [3.05, 3.63) is 109 Å². The van der Waals surface area contributed by atoms with Crippen LogP contribution in [0.3, 0.4) is 0 Å². The lowest BCUT2D eigenvalue weighted by Gasteiger charge is -2.18. The second-order valence-corrected chi connectivity index (χ2v) is 22.0. The van der Waals surface area contributed by atoms with E-state index in [2.05, 4.69) is 130 Å². The summed E-state index contributed by atoms with van der Waals surface area (Å²) in [6, 6.07) is 0. The molecule has 0 aliphatic rings. The van der Waals surface area contributed by atoms with Crippen molar-refractivity contribution in [2.75, 3.05) is 13.2 Å². The summed E-state index contributed by atoms with van der Waals surface area (Å²) in [7, 11) is 0. The zero-order valence-corrected chi connectivity index (χ0v) is 51.9. The smallest absolute Gasteiger partial charge is 0.306 e. The molecule has 0 saturated heterocycles. The van der Waals surface area contributed by atoms with Crippen LogP contribution in [0.4, 0.5) is 0 Å². The highest BCUT2D eigenvalue weighted by molar-refractivity contribution is 5.71. The van der Waals surface area contributed by atoms with Crippen LogP contribution in [0.2, 0.25) is 0 Å². The second kappa shape index (κ2) is 66.6. The zero-order chi connectivity index (χ0) is 57.1. The van der Waals surface area contributed by atoms with Crippen molar-refractivity contribution in [1.29, 1.82) is 0 Å². The van der Waals surface area contributed by atoms with Gasteiger partial charge in [0, 0.05) is 19.3 Å². The first-order valence-electron chi connectivity index (χ1n) is 33.4. The molecule has 0 aliphatic heterocycles. The van der Waals surface area contributed by atoms with Gasteiger partial charge in [0.25, 0.3) is 0 Å². The highest BCUT2D eigenvalue weighted by atomic mass is 16.6. The molecule has 0 aliphatic carbocycles. The van der Waals surface area contributed by atoms with Crippen LogP contribution in [-0.4, -0.2) is 37.2 Å². The Labute approximate surface area is 489 Å². The molecular weight excluding hydrogens is 973 g/mol. The summed E-state index contributed by atoms with van der Waals surface area (Å²) in [6.07, 6.45) is 91.1. The second-order valence-electron chi connectivity index (χ2n) is 22.0. The van der Waals surface area contributed by atoms with Crippen LogP contribution >= 0.6 is 0 Å². The molecule has 0 saturated carbocycles. The van der Waals surface area contributed by atoms with E-state index >= 15 is 0 Å². The van der Waals surface area contributed by atoms with Crippen LogP contribution < -0.4 is 0 Å². The fourth-order valence-corrected chi connectivity index (χ4v) is 9.30. The number of rotatable bonds is 60. The lowest BCUT2D eigenvalue weighted by molar-refractivity contribution is -0.167. The van der Waals surface area contributed by atoms with E-state index in [-0.39, 0.29) is 31.1 Å². The van der Waals surface area contributed by atoms with Crippen LogP contribution in [0.5, 0.6) is 0 Å². The van der Waals surface area contributed by atoms with Gasteiger partial charge < -0.3 is 14.2 Å². The van der Waals surface area contributed by atoms with Gasteiger partial charge in [0.05, 0.1) is 0 Å². The molecule has 0 aromatic carbocycles. The Morgan fingerprint density at radius 3 is 0.810 bits per heavy atom. The summed E-state index contributed by atoms with van der Waals surface area (Å²) >= 11 is 0. The molecule has 0 heterocycles. The lowest BCUT2D eigenvalue weighted by atomic mass is 10.0. The van der Waals surface area contributed by atoms with E-state index in [4.69, 9.17) is 14.2 Å². The predicted molar refractivity (Wildman–Crippen MR) is 343 cm³/mol. The zero-order valence-electron chi connectivity index (χ0n) is 51.9. The first-order chi connectivity index (χ1) is 39.0. The molecule has 452 valence electrons. The Balaban J connectivity index is 4.34. The van der Waals surface area contributed by atoms with E-state index in [1.165, 1.54) is 154 Å². The average molecular weight is 1100 g/mol. The highest BCUT2D eigenvalue weighted by Gasteiger charge is 2.19. The topological polar surface area (TPSA) is 78.9 Å². The Hall–Kier alpha value is -3.93. The number of hydrogen-bond acceptors (Lipinski definition) is 6. The molecule has 0 rings (SSSR count). The fraction of sp³-hybridized carbons (Fsp3) is 0.712. The maximum absolute atomic E-state index is 12.9. The number of hydrogen-bond donors (Lipinski definition) is 0. The third-order valence-electron chi connectivity index (χ3n) is 14.2. The van der Waals surface area contributed by atoms with Gasteiger partial charge in [-0.15, -0.1) is 0 Å². The first-order valence-corrected chi connectivity index (χ1v) is 33.4. The Morgan fingerprint density at radius 1 is 0.266 bits per heavy atom. The van der Waals surface area contributed by atoms with E-state index < -0.39 is 6.10 Å². The number of ether oxygens (including phenoxy) is 3. The fourth-order valence-electron chi connectivity index (χ4n) is 9.30. The van der Waals surface area contributed by atoms with Gasteiger partial charge in [0.1, 0.15) is 13.2 Å². The molecular formula is C73H124O6. The molecule has 6 heteroatoms. The van der Waals surface area contributed by atoms with Crippen molar-refractivity contribution in [2.24, 2.45) is 0 Å². The van der Waals surface area contributed by atoms with E-state index in [1.807, 2.05) is 0 Å². The number of esters is 3. The minimum absolute atomic E-state index is 0.0969. The standard InChI is InChI=1S/C73H124O6/c1-4-7-10-13-16-19-22-25-28-30-32-33-34-35-36-37-38-39-41-42-45-48-51-54-57-60-63-66-72(75)78-69-70(68-77-71(74)65-62-59-56-53-50-47-44-27-24-21-18-15-12-9-6-3)79-73(76)67-64-61-58-55-52-49-46-43-40-31-29-26-23-20-17-14-11-8-5-2/h8-9,11-12,17-18,20-21,26-27,29-30,32,40,43-44,50,53,70H,4-7,10,13-16,19,22-25,28,31,33-39,41-42,45-49,51-52,54-69H2,1-3H3/b11-8-,12-9-,20-17-,21-18-,29-26-,32-30-,43-40-,44-27-,53-50-. The van der Waals surface area contributed by atoms with E-state index in [0.717, 1.165) is 122 Å². The monoisotopic (exact) mass is 1100 g/mol. The van der Waals surface area contributed by atoms with Crippen molar-refractivity contribution < 1.29 is 28.6 Å². The molecule has 0 radical (unpaired) electrons. The number of allylic oxidation sites excluding steroid dienone is 18. The third-order valence-corrected chi connectivity index (χ3v) is 14.2. The predicted octanol–water partition coefficient (Wildman–Crippen LogP) is 23.0. The Kier molecular flexibility index (Phi) is 63.3.